The number of carbonyl (C=O) groups excluding carboxylic acids is 1. The molecule has 22 heavy (non-hydrogen) atoms. The summed E-state index contributed by atoms with van der Waals surface area (Å²) in [5, 5.41) is 2.70. The molecule has 122 valence electrons. The van der Waals surface area contributed by atoms with Gasteiger partial charge in [0.2, 0.25) is 22.7 Å². The lowest BCUT2D eigenvalue weighted by molar-refractivity contribution is -0.120. The van der Waals surface area contributed by atoms with Gasteiger partial charge in [-0.15, -0.1) is 0 Å². The first-order valence-electron chi connectivity index (χ1n) is 7.05. The zero-order valence-corrected chi connectivity index (χ0v) is 13.4. The molecule has 7 nitrogen and oxygen atoms in total. The Balaban J connectivity index is 1.90. The van der Waals surface area contributed by atoms with Gasteiger partial charge in [-0.25, -0.2) is 13.1 Å². The molecule has 1 aliphatic heterocycles. The summed E-state index contributed by atoms with van der Waals surface area (Å²) in [6, 6.07) is 4.97. The molecule has 1 amide bonds. The third kappa shape index (κ3) is 4.60. The highest BCUT2D eigenvalue weighted by molar-refractivity contribution is 7.88. The van der Waals surface area contributed by atoms with Crippen LogP contribution in [-0.4, -0.2) is 33.7 Å². The van der Waals surface area contributed by atoms with Gasteiger partial charge in [0, 0.05) is 6.04 Å². The van der Waals surface area contributed by atoms with Gasteiger partial charge in [-0.1, -0.05) is 13.0 Å². The molecular weight excluding hydrogens is 308 g/mol. The van der Waals surface area contributed by atoms with Crippen LogP contribution >= 0.6 is 0 Å². The van der Waals surface area contributed by atoms with E-state index in [2.05, 4.69) is 10.0 Å². The molecule has 0 aliphatic carbocycles. The molecule has 8 heteroatoms. The van der Waals surface area contributed by atoms with E-state index in [9.17, 15) is 13.2 Å². The second-order valence-electron chi connectivity index (χ2n) is 5.14. The zero-order chi connectivity index (χ0) is 16.2. The average Bonchev–Trinajstić information content (AvgIpc) is 2.92. The number of carbonyl (C=O) groups is 1. The fraction of sp³-hybridized carbons (Fsp3) is 0.500. The van der Waals surface area contributed by atoms with Crippen molar-refractivity contribution in [1.82, 2.24) is 10.0 Å². The predicted octanol–water partition coefficient (Wildman–Crippen LogP) is 0.749. The van der Waals surface area contributed by atoms with E-state index in [0.717, 1.165) is 6.42 Å². The van der Waals surface area contributed by atoms with Crippen LogP contribution in [0.25, 0.3) is 0 Å². The molecule has 1 atom stereocenters. The van der Waals surface area contributed by atoms with Gasteiger partial charge in [0.05, 0.1) is 12.3 Å². The molecule has 0 spiro atoms. The minimum absolute atomic E-state index is 0.0193. The summed E-state index contributed by atoms with van der Waals surface area (Å²) in [4.78, 5) is 11.6. The molecule has 2 N–H and O–H groups in total. The molecule has 0 fully saturated rings. The summed E-state index contributed by atoms with van der Waals surface area (Å²) in [7, 11) is -3.60. The summed E-state index contributed by atoms with van der Waals surface area (Å²) in [5.41, 5.74) is 0.569. The summed E-state index contributed by atoms with van der Waals surface area (Å²) in [6.07, 6.45) is 0.787. The van der Waals surface area contributed by atoms with Gasteiger partial charge >= 0.3 is 0 Å². The highest BCUT2D eigenvalue weighted by Gasteiger charge is 2.18. The molecule has 1 aliphatic rings. The summed E-state index contributed by atoms with van der Waals surface area (Å²) < 4.78 is 36.7. The van der Waals surface area contributed by atoms with Crippen LogP contribution in [-0.2, 0) is 20.6 Å². The lowest BCUT2D eigenvalue weighted by Crippen LogP contribution is -2.40. The summed E-state index contributed by atoms with van der Waals surface area (Å²) in [5.74, 6) is 0.563. The van der Waals surface area contributed by atoms with Crippen molar-refractivity contribution in [2.75, 3.05) is 13.3 Å². The third-order valence-electron chi connectivity index (χ3n) is 3.27. The van der Waals surface area contributed by atoms with Crippen molar-refractivity contribution in [3.8, 4) is 11.5 Å². The van der Waals surface area contributed by atoms with E-state index in [1.54, 1.807) is 18.2 Å². The topological polar surface area (TPSA) is 93.7 Å². The van der Waals surface area contributed by atoms with Gasteiger partial charge in [-0.2, -0.15) is 0 Å². The first kappa shape index (κ1) is 16.6. The van der Waals surface area contributed by atoms with Gasteiger partial charge < -0.3 is 14.8 Å². The van der Waals surface area contributed by atoms with E-state index < -0.39 is 10.0 Å². The van der Waals surface area contributed by atoms with Gasteiger partial charge in [0.15, 0.2) is 11.5 Å². The van der Waals surface area contributed by atoms with Crippen LogP contribution in [0.4, 0.5) is 0 Å². The van der Waals surface area contributed by atoms with Gasteiger partial charge in [0.25, 0.3) is 0 Å². The molecule has 1 aromatic carbocycles. The van der Waals surface area contributed by atoms with Gasteiger partial charge in [0.1, 0.15) is 0 Å². The van der Waals surface area contributed by atoms with Crippen molar-refractivity contribution >= 4 is 15.9 Å². The number of benzene rings is 1. The molecule has 0 aromatic heterocycles. The molecule has 2 rings (SSSR count). The molecule has 0 saturated heterocycles. The van der Waals surface area contributed by atoms with E-state index in [1.807, 2.05) is 13.8 Å². The minimum Gasteiger partial charge on any atom is -0.454 e. The van der Waals surface area contributed by atoms with E-state index in [4.69, 9.17) is 9.47 Å². The quantitative estimate of drug-likeness (QED) is 0.770. The Hall–Kier alpha value is -1.80. The number of ether oxygens (including phenoxy) is 2. The lowest BCUT2D eigenvalue weighted by Gasteiger charge is -2.12. The first-order valence-corrected chi connectivity index (χ1v) is 8.70. The normalized spacial score (nSPS) is 14.6. The molecule has 1 heterocycles. The number of fused-ring (bicyclic) bond motifs is 1. The van der Waals surface area contributed by atoms with Crippen LogP contribution in [0.5, 0.6) is 11.5 Å². The number of rotatable bonds is 7. The van der Waals surface area contributed by atoms with Crippen LogP contribution in [0.15, 0.2) is 18.2 Å². The Bertz CT molecular complexity index is 645. The number of nitrogens with one attached hydrogen (secondary N) is 2. The molecular formula is C14H20N2O5S. The fourth-order valence-corrected chi connectivity index (χ4v) is 2.98. The van der Waals surface area contributed by atoms with E-state index in [1.165, 1.54) is 0 Å². The van der Waals surface area contributed by atoms with Crippen molar-refractivity contribution in [3.63, 3.8) is 0 Å². The van der Waals surface area contributed by atoms with Crippen LogP contribution < -0.4 is 19.5 Å². The minimum atomic E-state index is -3.60. The lowest BCUT2D eigenvalue weighted by atomic mass is 10.2. The Kier molecular flexibility index (Phi) is 5.25. The van der Waals surface area contributed by atoms with Crippen LogP contribution in [0, 0.1) is 0 Å². The van der Waals surface area contributed by atoms with Crippen LogP contribution in [0.3, 0.4) is 0 Å². The smallest absolute Gasteiger partial charge is 0.235 e. The van der Waals surface area contributed by atoms with Crippen molar-refractivity contribution in [2.45, 2.75) is 32.1 Å². The number of sulfonamides is 1. The van der Waals surface area contributed by atoms with E-state index >= 15 is 0 Å². The van der Waals surface area contributed by atoms with E-state index in [0.29, 0.717) is 17.1 Å². The third-order valence-corrected chi connectivity index (χ3v) is 4.56. The highest BCUT2D eigenvalue weighted by atomic mass is 32.2. The van der Waals surface area contributed by atoms with Crippen molar-refractivity contribution in [1.29, 1.82) is 0 Å². The maximum Gasteiger partial charge on any atom is 0.235 e. The standard InChI is InChI=1S/C14H20N2O5S/c1-3-10(2)16-14(17)7-15-22(18,19)8-11-4-5-12-13(6-11)21-9-20-12/h4-6,10,15H,3,7-9H2,1-2H3,(H,16,17). The van der Waals surface area contributed by atoms with Gasteiger partial charge in [-0.05, 0) is 31.0 Å². The van der Waals surface area contributed by atoms with Crippen molar-refractivity contribution < 1.29 is 22.7 Å². The van der Waals surface area contributed by atoms with Crippen molar-refractivity contribution in [2.24, 2.45) is 0 Å². The maximum absolute atomic E-state index is 12.0. The SMILES string of the molecule is CCC(C)NC(=O)CNS(=O)(=O)Cc1ccc2c(c1)OCO2. The Morgan fingerprint density at radius 1 is 1.32 bits per heavy atom. The number of hydrogen-bond acceptors (Lipinski definition) is 5. The number of amides is 1. The number of hydrogen-bond donors (Lipinski definition) is 2. The largest absolute Gasteiger partial charge is 0.454 e. The Labute approximate surface area is 130 Å². The molecule has 0 saturated carbocycles. The maximum atomic E-state index is 12.0. The Morgan fingerprint density at radius 2 is 2.05 bits per heavy atom. The van der Waals surface area contributed by atoms with Crippen molar-refractivity contribution in [3.05, 3.63) is 23.8 Å². The molecule has 0 radical (unpaired) electrons. The average molecular weight is 328 g/mol. The predicted molar refractivity (Wildman–Crippen MR) is 81.1 cm³/mol. The molecule has 1 aromatic rings. The Morgan fingerprint density at radius 3 is 2.77 bits per heavy atom. The van der Waals surface area contributed by atoms with Gasteiger partial charge in [-0.3, -0.25) is 4.79 Å². The monoisotopic (exact) mass is 328 g/mol. The highest BCUT2D eigenvalue weighted by Crippen LogP contribution is 2.32. The molecule has 0 bridgehead atoms. The van der Waals surface area contributed by atoms with Crippen LogP contribution in [0.2, 0.25) is 0 Å². The fourth-order valence-electron chi connectivity index (χ4n) is 1.90. The van der Waals surface area contributed by atoms with Crippen LogP contribution in [0.1, 0.15) is 25.8 Å². The first-order chi connectivity index (χ1) is 10.4. The molecule has 1 unspecified atom stereocenters. The zero-order valence-electron chi connectivity index (χ0n) is 12.6. The summed E-state index contributed by atoms with van der Waals surface area (Å²) in [6.45, 7) is 3.67. The summed E-state index contributed by atoms with van der Waals surface area (Å²) >= 11 is 0. The second kappa shape index (κ2) is 6.97. The second-order valence-corrected chi connectivity index (χ2v) is 6.95. The van der Waals surface area contributed by atoms with E-state index in [-0.39, 0.29) is 31.0 Å².